The Kier molecular flexibility index (Phi) is 7.42. The summed E-state index contributed by atoms with van der Waals surface area (Å²) in [6, 6.07) is 9.17. The highest BCUT2D eigenvalue weighted by Gasteiger charge is 2.68. The van der Waals surface area contributed by atoms with E-state index in [1.807, 2.05) is 50.3 Å². The molecule has 8 heteroatoms. The standard InChI is InChI=1S/C32H36O8/c1-30-14-12-22(33)16-21(30)8-9-23-24-13-15-32(38,31(24,2)17-25(34)29(23)30)26(35)19-40-28(37)11-10-27(36)39-18-20-6-4-3-5-7-20/h3-7,12,14,16,23-24,29,38H,8-11,13,15,17-19H2,1-2H3/t23-,24?,29?,30-,31-,32-/m0/s1. The van der Waals surface area contributed by atoms with E-state index in [1.54, 1.807) is 12.2 Å². The second-order valence-electron chi connectivity index (χ2n) is 12.2. The van der Waals surface area contributed by atoms with Crippen molar-refractivity contribution in [3.8, 4) is 0 Å². The van der Waals surface area contributed by atoms with Gasteiger partial charge in [-0.1, -0.05) is 55.8 Å². The van der Waals surface area contributed by atoms with Crippen LogP contribution in [0.25, 0.3) is 0 Å². The molecule has 3 fully saturated rings. The van der Waals surface area contributed by atoms with Gasteiger partial charge in [-0.15, -0.1) is 0 Å². The summed E-state index contributed by atoms with van der Waals surface area (Å²) in [5.74, 6) is -2.33. The Morgan fingerprint density at radius 2 is 1.70 bits per heavy atom. The number of ether oxygens (including phenoxy) is 2. The molecule has 1 aromatic carbocycles. The number of carbonyl (C=O) groups excluding carboxylic acids is 5. The van der Waals surface area contributed by atoms with Crippen molar-refractivity contribution in [2.24, 2.45) is 28.6 Å². The van der Waals surface area contributed by atoms with E-state index >= 15 is 0 Å². The third-order valence-electron chi connectivity index (χ3n) is 10.0. The molecule has 0 spiro atoms. The topological polar surface area (TPSA) is 124 Å². The minimum absolute atomic E-state index is 0.00464. The Labute approximate surface area is 233 Å². The fourth-order valence-corrected chi connectivity index (χ4v) is 7.84. The average molecular weight is 549 g/mol. The number of esters is 2. The molecule has 0 bridgehead atoms. The molecule has 0 aromatic heterocycles. The van der Waals surface area contributed by atoms with E-state index in [1.165, 1.54) is 0 Å². The summed E-state index contributed by atoms with van der Waals surface area (Å²) in [4.78, 5) is 63.3. The highest BCUT2D eigenvalue weighted by molar-refractivity contribution is 6.02. The van der Waals surface area contributed by atoms with Gasteiger partial charge in [0.05, 0.1) is 12.8 Å². The van der Waals surface area contributed by atoms with Crippen molar-refractivity contribution in [3.05, 3.63) is 59.7 Å². The zero-order valence-corrected chi connectivity index (χ0v) is 23.0. The van der Waals surface area contributed by atoms with E-state index in [2.05, 4.69) is 0 Å². The monoisotopic (exact) mass is 548 g/mol. The van der Waals surface area contributed by atoms with Crippen LogP contribution in [0.4, 0.5) is 0 Å². The lowest BCUT2D eigenvalue weighted by atomic mass is 9.46. The van der Waals surface area contributed by atoms with Gasteiger partial charge in [0.25, 0.3) is 0 Å². The Morgan fingerprint density at radius 1 is 1.00 bits per heavy atom. The molecule has 6 atom stereocenters. The van der Waals surface area contributed by atoms with Crippen LogP contribution in [0.3, 0.4) is 0 Å². The van der Waals surface area contributed by atoms with E-state index in [0.29, 0.717) is 12.8 Å². The molecule has 0 saturated heterocycles. The molecule has 3 saturated carbocycles. The Morgan fingerprint density at radius 3 is 2.42 bits per heavy atom. The second-order valence-corrected chi connectivity index (χ2v) is 12.2. The van der Waals surface area contributed by atoms with E-state index in [-0.39, 0.29) is 61.6 Å². The number of Topliss-reactive ketones (excluding diaryl/α,β-unsaturated/α-hetero) is 2. The van der Waals surface area contributed by atoms with Crippen LogP contribution in [-0.2, 0) is 40.1 Å². The van der Waals surface area contributed by atoms with Gasteiger partial charge in [-0.25, -0.2) is 0 Å². The molecule has 0 amide bonds. The normalized spacial score (nSPS) is 34.3. The van der Waals surface area contributed by atoms with Gasteiger partial charge in [0, 0.05) is 23.2 Å². The smallest absolute Gasteiger partial charge is 0.306 e. The first-order valence-electron chi connectivity index (χ1n) is 14.1. The van der Waals surface area contributed by atoms with E-state index in [0.717, 1.165) is 17.6 Å². The van der Waals surface area contributed by atoms with Gasteiger partial charge in [0.15, 0.2) is 12.4 Å². The highest BCUT2D eigenvalue weighted by Crippen LogP contribution is 2.66. The summed E-state index contributed by atoms with van der Waals surface area (Å²) in [7, 11) is 0. The van der Waals surface area contributed by atoms with Crippen molar-refractivity contribution in [2.45, 2.75) is 71.0 Å². The van der Waals surface area contributed by atoms with Crippen molar-refractivity contribution in [2.75, 3.05) is 6.61 Å². The zero-order valence-electron chi connectivity index (χ0n) is 23.0. The predicted molar refractivity (Wildman–Crippen MR) is 143 cm³/mol. The van der Waals surface area contributed by atoms with Crippen molar-refractivity contribution in [1.29, 1.82) is 0 Å². The summed E-state index contributed by atoms with van der Waals surface area (Å²) in [5.41, 5.74) is -1.47. The van der Waals surface area contributed by atoms with Gasteiger partial charge in [-0.3, -0.25) is 24.0 Å². The number of carbonyl (C=O) groups is 5. The molecule has 0 heterocycles. The van der Waals surface area contributed by atoms with Crippen LogP contribution >= 0.6 is 0 Å². The maximum absolute atomic E-state index is 13.7. The first-order chi connectivity index (χ1) is 19.0. The summed E-state index contributed by atoms with van der Waals surface area (Å²) in [6.07, 6.45) is 6.89. The van der Waals surface area contributed by atoms with Gasteiger partial charge in [-0.05, 0) is 55.2 Å². The van der Waals surface area contributed by atoms with Crippen LogP contribution in [0.1, 0.15) is 64.4 Å². The molecule has 8 nitrogen and oxygen atoms in total. The van der Waals surface area contributed by atoms with Gasteiger partial charge >= 0.3 is 11.9 Å². The first kappa shape index (κ1) is 28.1. The van der Waals surface area contributed by atoms with Crippen LogP contribution in [0, 0.1) is 28.6 Å². The predicted octanol–water partition coefficient (Wildman–Crippen LogP) is 3.84. The molecule has 2 unspecified atom stereocenters. The van der Waals surface area contributed by atoms with E-state index in [4.69, 9.17) is 9.47 Å². The number of rotatable bonds is 8. The van der Waals surface area contributed by atoms with E-state index < -0.39 is 40.8 Å². The summed E-state index contributed by atoms with van der Waals surface area (Å²) in [5, 5.41) is 11.7. The first-order valence-corrected chi connectivity index (χ1v) is 14.1. The SMILES string of the molecule is C[C@]12C=CC(=O)C=C1CC[C@@H]1C2C(=O)C[C@@]2(C)C1CC[C@]2(O)C(=O)COC(=O)CCC(=O)OCc1ccccc1. The van der Waals surface area contributed by atoms with Crippen molar-refractivity contribution >= 4 is 29.3 Å². The second kappa shape index (κ2) is 10.5. The maximum Gasteiger partial charge on any atom is 0.306 e. The minimum Gasteiger partial charge on any atom is -0.461 e. The molecule has 0 aliphatic heterocycles. The molecule has 1 N–H and O–H groups in total. The number of fused-ring (bicyclic) bond motifs is 5. The number of ketones is 3. The highest BCUT2D eigenvalue weighted by atomic mass is 16.5. The molecular formula is C32H36O8. The van der Waals surface area contributed by atoms with Gasteiger partial charge in [0.2, 0.25) is 5.78 Å². The van der Waals surface area contributed by atoms with Crippen molar-refractivity contribution in [3.63, 3.8) is 0 Å². The lowest BCUT2D eigenvalue weighted by Gasteiger charge is -2.56. The van der Waals surface area contributed by atoms with Crippen LogP contribution in [0.5, 0.6) is 0 Å². The van der Waals surface area contributed by atoms with Crippen LogP contribution in [0.15, 0.2) is 54.1 Å². The molecule has 1 aromatic rings. The number of allylic oxidation sites excluding steroid dienone is 4. The van der Waals surface area contributed by atoms with Crippen molar-refractivity contribution < 1.29 is 38.6 Å². The summed E-state index contributed by atoms with van der Waals surface area (Å²) in [6.45, 7) is 3.32. The molecule has 4 aliphatic rings. The molecule has 4 aliphatic carbocycles. The number of benzene rings is 1. The minimum atomic E-state index is -1.79. The van der Waals surface area contributed by atoms with Crippen LogP contribution in [0.2, 0.25) is 0 Å². The summed E-state index contributed by atoms with van der Waals surface area (Å²) >= 11 is 0. The third-order valence-corrected chi connectivity index (χ3v) is 10.0. The third kappa shape index (κ3) is 4.76. The van der Waals surface area contributed by atoms with Gasteiger partial charge < -0.3 is 14.6 Å². The van der Waals surface area contributed by atoms with Crippen LogP contribution in [-0.4, -0.2) is 46.6 Å². The Bertz CT molecular complexity index is 1290. The molecular weight excluding hydrogens is 512 g/mol. The van der Waals surface area contributed by atoms with Gasteiger partial charge in [-0.2, -0.15) is 0 Å². The lowest BCUT2D eigenvalue weighted by molar-refractivity contribution is -0.172. The molecule has 5 rings (SSSR count). The average Bonchev–Trinajstić information content (AvgIpc) is 3.20. The zero-order chi connectivity index (χ0) is 28.7. The summed E-state index contributed by atoms with van der Waals surface area (Å²) < 4.78 is 10.3. The Hall–Kier alpha value is -3.39. The largest absolute Gasteiger partial charge is 0.461 e. The number of hydrogen-bond donors (Lipinski definition) is 1. The fourth-order valence-electron chi connectivity index (χ4n) is 7.84. The molecule has 212 valence electrons. The Balaban J connectivity index is 1.18. The molecule has 0 radical (unpaired) electrons. The van der Waals surface area contributed by atoms with Crippen LogP contribution < -0.4 is 0 Å². The lowest BCUT2D eigenvalue weighted by Crippen LogP contribution is -2.60. The van der Waals surface area contributed by atoms with Crippen molar-refractivity contribution in [1.82, 2.24) is 0 Å². The fraction of sp³-hybridized carbons (Fsp3) is 0.531. The van der Waals surface area contributed by atoms with Gasteiger partial charge in [0.1, 0.15) is 18.0 Å². The number of hydrogen-bond acceptors (Lipinski definition) is 8. The molecule has 40 heavy (non-hydrogen) atoms. The van der Waals surface area contributed by atoms with E-state index in [9.17, 15) is 29.1 Å². The number of aliphatic hydroxyl groups is 1. The maximum atomic E-state index is 13.7. The quantitative estimate of drug-likeness (QED) is 0.486.